The molecule has 2 aromatic carbocycles. The standard InChI is InChI=1S/C36H37F2N5O6/c1-24(2)31(43-35(47)49-23-28-11-7-17-40-20-28)33(45)42-30(32(44)36(37,38)34(46)41-21-27-10-6-16-39-19-27)18-25-12-14-29(15-13-25)48-22-26-8-4-3-5-9-26/h3-17,19-20,24,30-31H,18,21-23H2,1-2H3,(H,41,46)(H,42,45)(H,43,47). The topological polar surface area (TPSA) is 149 Å². The average Bonchev–Trinajstić information content (AvgIpc) is 3.12. The van der Waals surface area contributed by atoms with Gasteiger partial charge in [0.2, 0.25) is 11.7 Å². The number of ketones is 1. The van der Waals surface area contributed by atoms with Gasteiger partial charge in [-0.25, -0.2) is 4.79 Å². The fraction of sp³-hybridized carbons (Fsp3) is 0.278. The van der Waals surface area contributed by atoms with Crippen LogP contribution in [0.15, 0.2) is 104 Å². The minimum absolute atomic E-state index is 0.126. The number of hydrogen-bond donors (Lipinski definition) is 3. The third-order valence-electron chi connectivity index (χ3n) is 7.33. The van der Waals surface area contributed by atoms with E-state index in [4.69, 9.17) is 9.47 Å². The molecule has 0 aliphatic heterocycles. The number of pyridine rings is 2. The number of nitrogens with zero attached hydrogens (tertiary/aromatic N) is 2. The molecule has 3 N–H and O–H groups in total. The van der Waals surface area contributed by atoms with Crippen molar-refractivity contribution in [1.82, 2.24) is 25.9 Å². The second kappa shape index (κ2) is 17.4. The SMILES string of the molecule is CC(C)C(NC(=O)OCc1cccnc1)C(=O)NC(Cc1ccc(OCc2ccccc2)cc1)C(=O)C(F)(F)C(=O)NCc1cccnc1. The van der Waals surface area contributed by atoms with Crippen LogP contribution < -0.4 is 20.7 Å². The Morgan fingerprint density at radius 2 is 1.39 bits per heavy atom. The van der Waals surface area contributed by atoms with Crippen LogP contribution in [0.1, 0.15) is 36.1 Å². The van der Waals surface area contributed by atoms with Crippen molar-refractivity contribution in [3.05, 3.63) is 126 Å². The number of ether oxygens (including phenoxy) is 2. The Balaban J connectivity index is 1.48. The molecule has 0 aliphatic carbocycles. The van der Waals surface area contributed by atoms with Gasteiger partial charge in [-0.3, -0.25) is 24.4 Å². The first-order valence-electron chi connectivity index (χ1n) is 15.5. The number of carbonyl (C=O) groups is 4. The lowest BCUT2D eigenvalue weighted by molar-refractivity contribution is -0.160. The summed E-state index contributed by atoms with van der Waals surface area (Å²) in [4.78, 5) is 59.9. The van der Waals surface area contributed by atoms with Crippen molar-refractivity contribution in [3.8, 4) is 5.75 Å². The molecular formula is C36H37F2N5O6. The number of amides is 3. The molecule has 0 bridgehead atoms. The lowest BCUT2D eigenvalue weighted by Gasteiger charge is -2.27. The van der Waals surface area contributed by atoms with Crippen LogP contribution in [0.2, 0.25) is 0 Å². The van der Waals surface area contributed by atoms with Crippen LogP contribution >= 0.6 is 0 Å². The molecule has 2 aromatic heterocycles. The first-order valence-corrected chi connectivity index (χ1v) is 15.5. The number of benzene rings is 2. The number of nitrogens with one attached hydrogen (secondary N) is 3. The molecule has 2 unspecified atom stereocenters. The molecule has 13 heteroatoms. The summed E-state index contributed by atoms with van der Waals surface area (Å²) in [5.41, 5.74) is 2.40. The predicted molar refractivity (Wildman–Crippen MR) is 175 cm³/mol. The first kappa shape index (κ1) is 36.1. The molecule has 11 nitrogen and oxygen atoms in total. The van der Waals surface area contributed by atoms with E-state index in [1.165, 1.54) is 18.6 Å². The monoisotopic (exact) mass is 673 g/mol. The summed E-state index contributed by atoms with van der Waals surface area (Å²) in [5, 5.41) is 6.85. The average molecular weight is 674 g/mol. The van der Waals surface area contributed by atoms with Crippen LogP contribution in [0.3, 0.4) is 0 Å². The van der Waals surface area contributed by atoms with E-state index < -0.39 is 47.6 Å². The van der Waals surface area contributed by atoms with Crippen LogP contribution in [-0.2, 0) is 45.3 Å². The normalized spacial score (nSPS) is 12.3. The number of alkyl halides is 2. The van der Waals surface area contributed by atoms with Gasteiger partial charge >= 0.3 is 12.0 Å². The third kappa shape index (κ3) is 10.9. The molecule has 0 aliphatic rings. The van der Waals surface area contributed by atoms with E-state index in [0.717, 1.165) is 5.56 Å². The molecule has 2 atom stereocenters. The Hall–Kier alpha value is -5.72. The van der Waals surface area contributed by atoms with Crippen molar-refractivity contribution < 1.29 is 37.4 Å². The Morgan fingerprint density at radius 1 is 0.755 bits per heavy atom. The van der Waals surface area contributed by atoms with Crippen molar-refractivity contribution in [2.24, 2.45) is 5.92 Å². The summed E-state index contributed by atoms with van der Waals surface area (Å²) in [6, 6.07) is 19.2. The maximum absolute atomic E-state index is 15.4. The molecule has 0 spiro atoms. The molecule has 256 valence electrons. The van der Waals surface area contributed by atoms with Crippen LogP contribution in [-0.4, -0.2) is 51.7 Å². The van der Waals surface area contributed by atoms with Gasteiger partial charge in [0.15, 0.2) is 0 Å². The molecular weight excluding hydrogens is 636 g/mol. The van der Waals surface area contributed by atoms with Crippen molar-refractivity contribution in [2.75, 3.05) is 0 Å². The predicted octanol–water partition coefficient (Wildman–Crippen LogP) is 4.55. The van der Waals surface area contributed by atoms with Gasteiger partial charge in [0.05, 0.1) is 6.04 Å². The number of Topliss-reactive ketones (excluding diaryl/α,β-unsaturated/α-hetero) is 1. The molecule has 4 aromatic rings. The van der Waals surface area contributed by atoms with E-state index in [9.17, 15) is 19.2 Å². The largest absolute Gasteiger partial charge is 0.489 e. The zero-order valence-corrected chi connectivity index (χ0v) is 27.0. The molecule has 2 heterocycles. The lowest BCUT2D eigenvalue weighted by Crippen LogP contribution is -2.59. The van der Waals surface area contributed by atoms with Crippen molar-refractivity contribution in [2.45, 2.75) is 58.0 Å². The minimum atomic E-state index is -4.51. The van der Waals surface area contributed by atoms with Crippen molar-refractivity contribution in [3.63, 3.8) is 0 Å². The number of halogens is 2. The van der Waals surface area contributed by atoms with Gasteiger partial charge in [-0.05, 0) is 46.9 Å². The first-order chi connectivity index (χ1) is 23.5. The second-order valence-electron chi connectivity index (χ2n) is 11.5. The molecule has 0 saturated heterocycles. The maximum atomic E-state index is 15.4. The molecule has 4 rings (SSSR count). The van der Waals surface area contributed by atoms with E-state index >= 15 is 8.78 Å². The van der Waals surface area contributed by atoms with Gasteiger partial charge in [0.1, 0.15) is 25.0 Å². The number of carbonyl (C=O) groups excluding carboxylic acids is 4. The third-order valence-corrected chi connectivity index (χ3v) is 7.33. The highest BCUT2D eigenvalue weighted by Crippen LogP contribution is 2.22. The van der Waals surface area contributed by atoms with E-state index in [2.05, 4.69) is 25.9 Å². The van der Waals surface area contributed by atoms with Crippen LogP contribution in [0.4, 0.5) is 13.6 Å². The number of rotatable bonds is 16. The van der Waals surface area contributed by atoms with Gasteiger partial charge in [-0.2, -0.15) is 8.78 Å². The van der Waals surface area contributed by atoms with Crippen molar-refractivity contribution >= 4 is 23.7 Å². The summed E-state index contributed by atoms with van der Waals surface area (Å²) >= 11 is 0. The van der Waals surface area contributed by atoms with E-state index in [1.54, 1.807) is 68.6 Å². The van der Waals surface area contributed by atoms with E-state index in [0.29, 0.717) is 29.0 Å². The summed E-state index contributed by atoms with van der Waals surface area (Å²) in [5.74, 6) is -9.12. The lowest BCUT2D eigenvalue weighted by atomic mass is 9.96. The molecule has 3 amide bonds. The number of alkyl carbamates (subject to hydrolysis) is 1. The number of hydrogen-bond acceptors (Lipinski definition) is 8. The van der Waals surface area contributed by atoms with Crippen LogP contribution in [0.25, 0.3) is 0 Å². The Kier molecular flexibility index (Phi) is 12.9. The quantitative estimate of drug-likeness (QED) is 0.147. The maximum Gasteiger partial charge on any atom is 0.408 e. The van der Waals surface area contributed by atoms with Gasteiger partial charge in [0.25, 0.3) is 5.91 Å². The van der Waals surface area contributed by atoms with Crippen LogP contribution in [0, 0.1) is 5.92 Å². The highest BCUT2D eigenvalue weighted by Gasteiger charge is 2.50. The number of aromatic nitrogens is 2. The highest BCUT2D eigenvalue weighted by atomic mass is 19.3. The molecule has 49 heavy (non-hydrogen) atoms. The summed E-state index contributed by atoms with van der Waals surface area (Å²) in [6.07, 6.45) is 4.61. The van der Waals surface area contributed by atoms with E-state index in [-0.39, 0.29) is 19.6 Å². The van der Waals surface area contributed by atoms with Crippen molar-refractivity contribution in [1.29, 1.82) is 0 Å². The highest BCUT2D eigenvalue weighted by molar-refractivity contribution is 6.10. The second-order valence-corrected chi connectivity index (χ2v) is 11.5. The summed E-state index contributed by atoms with van der Waals surface area (Å²) < 4.78 is 41.8. The zero-order chi connectivity index (χ0) is 35.2. The molecule has 0 saturated carbocycles. The van der Waals surface area contributed by atoms with Crippen LogP contribution in [0.5, 0.6) is 5.75 Å². The fourth-order valence-electron chi connectivity index (χ4n) is 4.63. The minimum Gasteiger partial charge on any atom is -0.489 e. The Labute approximate surface area is 282 Å². The summed E-state index contributed by atoms with van der Waals surface area (Å²) in [7, 11) is 0. The Bertz CT molecular complexity index is 1680. The van der Waals surface area contributed by atoms with Gasteiger partial charge in [-0.15, -0.1) is 0 Å². The van der Waals surface area contributed by atoms with Gasteiger partial charge in [-0.1, -0.05) is 68.4 Å². The van der Waals surface area contributed by atoms with Gasteiger partial charge in [0, 0.05) is 43.3 Å². The summed E-state index contributed by atoms with van der Waals surface area (Å²) in [6.45, 7) is 3.12. The zero-order valence-electron chi connectivity index (χ0n) is 27.0. The van der Waals surface area contributed by atoms with E-state index in [1.807, 2.05) is 30.3 Å². The molecule has 0 fully saturated rings. The molecule has 0 radical (unpaired) electrons. The smallest absolute Gasteiger partial charge is 0.408 e. The fourth-order valence-corrected chi connectivity index (χ4v) is 4.63. The Morgan fingerprint density at radius 3 is 2.00 bits per heavy atom. The van der Waals surface area contributed by atoms with Gasteiger partial charge < -0.3 is 25.4 Å².